The van der Waals surface area contributed by atoms with Crippen molar-refractivity contribution in [1.29, 1.82) is 5.26 Å². The number of furan rings is 1. The molecule has 8 nitrogen and oxygen atoms in total. The Balaban J connectivity index is 1.66. The van der Waals surface area contributed by atoms with Crippen molar-refractivity contribution in [2.24, 2.45) is 5.10 Å². The fourth-order valence-electron chi connectivity index (χ4n) is 2.87. The summed E-state index contributed by atoms with van der Waals surface area (Å²) in [7, 11) is 1.47. The predicted molar refractivity (Wildman–Crippen MR) is 129 cm³/mol. The van der Waals surface area contributed by atoms with Crippen LogP contribution in [0.1, 0.15) is 22.6 Å². The van der Waals surface area contributed by atoms with Crippen LogP contribution in [-0.4, -0.2) is 23.8 Å². The summed E-state index contributed by atoms with van der Waals surface area (Å²) in [4.78, 5) is 26.0. The Morgan fingerprint density at radius 3 is 2.76 bits per heavy atom. The van der Waals surface area contributed by atoms with Gasteiger partial charge >= 0.3 is 0 Å². The largest absolute Gasteiger partial charge is 0.448 e. The van der Waals surface area contributed by atoms with Gasteiger partial charge in [-0.25, -0.2) is 5.43 Å². The molecule has 3 rings (SSSR count). The topological polar surface area (TPSA) is 110 Å². The van der Waals surface area contributed by atoms with Gasteiger partial charge in [-0.15, -0.1) is 0 Å². The lowest BCUT2D eigenvalue weighted by Crippen LogP contribution is -2.33. The number of nitrogens with zero attached hydrogens (tertiary/aromatic N) is 3. The van der Waals surface area contributed by atoms with Gasteiger partial charge in [0.05, 0.1) is 12.8 Å². The molecule has 0 unspecified atom stereocenters. The Morgan fingerprint density at radius 1 is 1.36 bits per heavy atom. The highest BCUT2D eigenvalue weighted by Crippen LogP contribution is 2.29. The number of amides is 1. The van der Waals surface area contributed by atoms with Crippen LogP contribution < -0.4 is 11.0 Å². The van der Waals surface area contributed by atoms with Crippen molar-refractivity contribution in [2.75, 3.05) is 7.11 Å². The van der Waals surface area contributed by atoms with Gasteiger partial charge in [0.1, 0.15) is 23.9 Å². The van der Waals surface area contributed by atoms with E-state index in [0.29, 0.717) is 31.6 Å². The number of methoxy groups -OCH3 is 1. The standard InChI is InChI=1S/C22H18BrClN4O4S/c1-13-21(23)18(12-31-2)17(9-25)22(30)28(13)11-19(29)27-26-10-15-5-8-20(32-15)33-16-6-3-14(24)4-7-16/h3-8,10H,11-12H2,1-2H3,(H,27,29)/b26-10-. The van der Waals surface area contributed by atoms with E-state index >= 15 is 0 Å². The SMILES string of the molecule is COCc1c(Br)c(C)n(CC(=O)N/N=C\c2ccc(Sc3ccc(Cl)cc3)o2)c(=O)c1C#N. The molecular formula is C22H18BrClN4O4S. The summed E-state index contributed by atoms with van der Waals surface area (Å²) in [5.74, 6) is -0.0902. The number of aromatic nitrogens is 1. The van der Waals surface area contributed by atoms with E-state index in [9.17, 15) is 14.9 Å². The molecule has 0 radical (unpaired) electrons. The molecule has 1 N–H and O–H groups in total. The van der Waals surface area contributed by atoms with Crippen LogP contribution in [0.5, 0.6) is 0 Å². The third-order valence-corrected chi connectivity index (χ3v) is 6.70. The van der Waals surface area contributed by atoms with Gasteiger partial charge in [0.25, 0.3) is 11.5 Å². The summed E-state index contributed by atoms with van der Waals surface area (Å²) in [6.07, 6.45) is 1.36. The molecular weight excluding hydrogens is 532 g/mol. The molecule has 170 valence electrons. The van der Waals surface area contributed by atoms with Crippen LogP contribution in [0.15, 0.2) is 65.2 Å². The number of ether oxygens (including phenoxy) is 1. The average molecular weight is 550 g/mol. The minimum atomic E-state index is -0.570. The summed E-state index contributed by atoms with van der Waals surface area (Å²) in [6.45, 7) is 1.46. The number of carbonyl (C=O) groups is 1. The summed E-state index contributed by atoms with van der Waals surface area (Å²) >= 11 is 10.7. The molecule has 0 atom stereocenters. The maximum atomic E-state index is 12.7. The van der Waals surface area contributed by atoms with Gasteiger partial charge in [0.2, 0.25) is 0 Å². The lowest BCUT2D eigenvalue weighted by atomic mass is 10.1. The predicted octanol–water partition coefficient (Wildman–Crippen LogP) is 4.49. The molecule has 2 aromatic heterocycles. The highest BCUT2D eigenvalue weighted by Gasteiger charge is 2.19. The molecule has 0 aliphatic carbocycles. The van der Waals surface area contributed by atoms with Gasteiger partial charge < -0.3 is 13.7 Å². The number of halogens is 2. The molecule has 0 saturated heterocycles. The van der Waals surface area contributed by atoms with Gasteiger partial charge in [0.15, 0.2) is 5.09 Å². The second-order valence-electron chi connectivity index (χ2n) is 6.70. The highest BCUT2D eigenvalue weighted by molar-refractivity contribution is 9.10. The zero-order valence-corrected chi connectivity index (χ0v) is 20.8. The van der Waals surface area contributed by atoms with Gasteiger partial charge in [0, 0.05) is 32.8 Å². The summed E-state index contributed by atoms with van der Waals surface area (Å²) in [5.41, 5.74) is 2.66. The summed E-state index contributed by atoms with van der Waals surface area (Å²) in [6, 6.07) is 12.7. The van der Waals surface area contributed by atoms with Crippen LogP contribution in [0.25, 0.3) is 0 Å². The Hall–Kier alpha value is -2.84. The van der Waals surface area contributed by atoms with E-state index in [2.05, 4.69) is 26.5 Å². The third kappa shape index (κ3) is 6.15. The minimum Gasteiger partial charge on any atom is -0.448 e. The van der Waals surface area contributed by atoms with Gasteiger partial charge in [-0.3, -0.25) is 9.59 Å². The van der Waals surface area contributed by atoms with Crippen molar-refractivity contribution >= 4 is 51.4 Å². The third-order valence-electron chi connectivity index (χ3n) is 4.47. The number of hydrogen-bond acceptors (Lipinski definition) is 7. The van der Waals surface area contributed by atoms with E-state index in [1.807, 2.05) is 18.2 Å². The van der Waals surface area contributed by atoms with Crippen molar-refractivity contribution < 1.29 is 13.9 Å². The number of pyridine rings is 1. The molecule has 2 heterocycles. The quantitative estimate of drug-likeness (QED) is 0.328. The van der Waals surface area contributed by atoms with Gasteiger partial charge in [-0.05, 0) is 59.3 Å². The monoisotopic (exact) mass is 548 g/mol. The Labute approximate surface area is 207 Å². The average Bonchev–Trinajstić information content (AvgIpc) is 3.24. The lowest BCUT2D eigenvalue weighted by Gasteiger charge is -2.15. The molecule has 0 fully saturated rings. The molecule has 0 bridgehead atoms. The first kappa shape index (κ1) is 24.8. The van der Waals surface area contributed by atoms with Crippen LogP contribution in [0.4, 0.5) is 0 Å². The van der Waals surface area contributed by atoms with Crippen LogP contribution in [0.3, 0.4) is 0 Å². The zero-order chi connectivity index (χ0) is 24.0. The number of benzene rings is 1. The first-order valence-corrected chi connectivity index (χ1v) is 11.5. The smallest absolute Gasteiger partial charge is 0.269 e. The first-order valence-electron chi connectivity index (χ1n) is 9.50. The van der Waals surface area contributed by atoms with Crippen LogP contribution in [0.2, 0.25) is 5.02 Å². The molecule has 11 heteroatoms. The van der Waals surface area contributed by atoms with E-state index in [1.54, 1.807) is 31.2 Å². The van der Waals surface area contributed by atoms with E-state index < -0.39 is 11.5 Å². The van der Waals surface area contributed by atoms with Crippen molar-refractivity contribution in [3.8, 4) is 6.07 Å². The van der Waals surface area contributed by atoms with E-state index in [0.717, 1.165) is 4.90 Å². The van der Waals surface area contributed by atoms with Crippen LogP contribution >= 0.6 is 39.3 Å². The molecule has 0 spiro atoms. The van der Waals surface area contributed by atoms with E-state index in [1.165, 1.54) is 29.7 Å². The minimum absolute atomic E-state index is 0.0769. The summed E-state index contributed by atoms with van der Waals surface area (Å²) < 4.78 is 12.5. The molecule has 0 aliphatic rings. The van der Waals surface area contributed by atoms with Crippen molar-refractivity contribution in [3.05, 3.63) is 78.8 Å². The van der Waals surface area contributed by atoms with Crippen LogP contribution in [0, 0.1) is 18.3 Å². The summed E-state index contributed by atoms with van der Waals surface area (Å²) in [5, 5.41) is 14.6. The maximum Gasteiger partial charge on any atom is 0.269 e. The van der Waals surface area contributed by atoms with Crippen LogP contribution in [-0.2, 0) is 22.7 Å². The Kier molecular flexibility index (Phi) is 8.52. The maximum absolute atomic E-state index is 12.7. The zero-order valence-electron chi connectivity index (χ0n) is 17.6. The molecule has 33 heavy (non-hydrogen) atoms. The molecule has 0 saturated carbocycles. The molecule has 0 aliphatic heterocycles. The number of rotatable bonds is 8. The Bertz CT molecular complexity index is 1300. The second-order valence-corrected chi connectivity index (χ2v) is 9.00. The first-order chi connectivity index (χ1) is 15.8. The number of hydrogen-bond donors (Lipinski definition) is 1. The number of hydrazone groups is 1. The van der Waals surface area contributed by atoms with E-state index in [4.69, 9.17) is 20.8 Å². The van der Waals surface area contributed by atoms with Gasteiger partial charge in [-0.2, -0.15) is 10.4 Å². The Morgan fingerprint density at radius 2 is 2.09 bits per heavy atom. The van der Waals surface area contributed by atoms with E-state index in [-0.39, 0.29) is 18.7 Å². The highest BCUT2D eigenvalue weighted by atomic mass is 79.9. The fraction of sp³-hybridized carbons (Fsp3) is 0.182. The van der Waals surface area contributed by atoms with Crippen molar-refractivity contribution in [1.82, 2.24) is 9.99 Å². The van der Waals surface area contributed by atoms with Crippen molar-refractivity contribution in [2.45, 2.75) is 30.1 Å². The van der Waals surface area contributed by atoms with Crippen molar-refractivity contribution in [3.63, 3.8) is 0 Å². The molecule has 3 aromatic rings. The number of nitrogens with one attached hydrogen (secondary N) is 1. The second kappa shape index (κ2) is 11.3. The normalized spacial score (nSPS) is 11.0. The molecule has 1 amide bonds. The lowest BCUT2D eigenvalue weighted by molar-refractivity contribution is -0.121. The van der Waals surface area contributed by atoms with Gasteiger partial charge in [-0.1, -0.05) is 23.4 Å². The number of nitriles is 1. The molecule has 1 aromatic carbocycles. The number of carbonyl (C=O) groups excluding carboxylic acids is 1. The fourth-order valence-corrected chi connectivity index (χ4v) is 4.30.